The topological polar surface area (TPSA) is 21.3 Å². The van der Waals surface area contributed by atoms with E-state index in [9.17, 15) is 0 Å². The molecule has 1 aromatic carbocycles. The summed E-state index contributed by atoms with van der Waals surface area (Å²) < 4.78 is 5.43. The summed E-state index contributed by atoms with van der Waals surface area (Å²) in [5, 5.41) is 3.42. The van der Waals surface area contributed by atoms with Gasteiger partial charge >= 0.3 is 0 Å². The quantitative estimate of drug-likeness (QED) is 0.711. The third kappa shape index (κ3) is 1.42. The highest BCUT2D eigenvalue weighted by Gasteiger charge is 2.19. The second-order valence-corrected chi connectivity index (χ2v) is 3.48. The Bertz CT molecular complexity index is 309. The normalized spacial score (nSPS) is 20.6. The number of aryl methyl sites for hydroxylation is 1. The third-order valence-corrected chi connectivity index (χ3v) is 2.64. The van der Waals surface area contributed by atoms with Crippen LogP contribution in [0.15, 0.2) is 18.2 Å². The monoisotopic (exact) mass is 177 g/mol. The van der Waals surface area contributed by atoms with Crippen LogP contribution in [0.5, 0.6) is 0 Å². The molecule has 0 spiro atoms. The fourth-order valence-electron chi connectivity index (χ4n) is 1.93. The summed E-state index contributed by atoms with van der Waals surface area (Å²) in [6.07, 6.45) is 1.34. The fraction of sp³-hybridized carbons (Fsp3) is 0.455. The van der Waals surface area contributed by atoms with Crippen molar-refractivity contribution in [1.82, 2.24) is 0 Å². The Morgan fingerprint density at radius 3 is 3.08 bits per heavy atom. The van der Waals surface area contributed by atoms with Crippen LogP contribution in [0, 0.1) is 6.92 Å². The highest BCUT2D eigenvalue weighted by atomic mass is 16.5. The molecule has 1 aliphatic rings. The third-order valence-electron chi connectivity index (χ3n) is 2.64. The van der Waals surface area contributed by atoms with Crippen LogP contribution >= 0.6 is 0 Å². The van der Waals surface area contributed by atoms with Gasteiger partial charge in [0.2, 0.25) is 0 Å². The van der Waals surface area contributed by atoms with Crippen LogP contribution in [0.4, 0.5) is 5.69 Å². The zero-order chi connectivity index (χ0) is 9.26. The minimum atomic E-state index is 0.274. The molecule has 0 saturated carbocycles. The van der Waals surface area contributed by atoms with E-state index in [4.69, 9.17) is 4.74 Å². The Labute approximate surface area is 78.9 Å². The van der Waals surface area contributed by atoms with Crippen molar-refractivity contribution in [1.29, 1.82) is 0 Å². The summed E-state index contributed by atoms with van der Waals surface area (Å²) in [5.74, 6) is 0. The average Bonchev–Trinajstić information content (AvgIpc) is 2.18. The molecule has 1 aromatic rings. The Morgan fingerprint density at radius 2 is 2.31 bits per heavy atom. The lowest BCUT2D eigenvalue weighted by molar-refractivity contribution is 0.0964. The van der Waals surface area contributed by atoms with Crippen molar-refractivity contribution in [2.45, 2.75) is 19.4 Å². The smallest absolute Gasteiger partial charge is 0.0857 e. The molecular formula is C11H15NO. The molecule has 70 valence electrons. The van der Waals surface area contributed by atoms with Crippen molar-refractivity contribution in [2.75, 3.05) is 19.0 Å². The predicted octanol–water partition coefficient (Wildman–Crippen LogP) is 2.50. The van der Waals surface area contributed by atoms with Gasteiger partial charge in [-0.3, -0.25) is 0 Å². The van der Waals surface area contributed by atoms with Crippen LogP contribution in [-0.4, -0.2) is 13.7 Å². The number of methoxy groups -OCH3 is 1. The maximum atomic E-state index is 5.43. The Balaban J connectivity index is 2.45. The molecule has 1 N–H and O–H groups in total. The number of benzene rings is 1. The average molecular weight is 177 g/mol. The minimum absolute atomic E-state index is 0.274. The largest absolute Gasteiger partial charge is 0.384 e. The van der Waals surface area contributed by atoms with Gasteiger partial charge in [-0.05, 0) is 18.9 Å². The van der Waals surface area contributed by atoms with Crippen LogP contribution in [0.3, 0.4) is 0 Å². The molecular weight excluding hydrogens is 162 g/mol. The van der Waals surface area contributed by atoms with E-state index in [-0.39, 0.29) is 6.10 Å². The molecule has 0 radical (unpaired) electrons. The van der Waals surface area contributed by atoms with Gasteiger partial charge in [0.25, 0.3) is 0 Å². The molecule has 2 rings (SSSR count). The molecule has 0 saturated heterocycles. The van der Waals surface area contributed by atoms with E-state index >= 15 is 0 Å². The standard InChI is InChI=1S/C11H15NO/c1-8-4-3-5-9-10(13-2)6-7-12-11(8)9/h3-5,10,12H,6-7H2,1-2H3. The van der Waals surface area contributed by atoms with Crippen LogP contribution in [-0.2, 0) is 4.74 Å². The second kappa shape index (κ2) is 3.38. The van der Waals surface area contributed by atoms with Gasteiger partial charge in [-0.25, -0.2) is 0 Å². The predicted molar refractivity (Wildman–Crippen MR) is 54.0 cm³/mol. The zero-order valence-corrected chi connectivity index (χ0v) is 8.13. The van der Waals surface area contributed by atoms with E-state index < -0.39 is 0 Å². The molecule has 1 heterocycles. The second-order valence-electron chi connectivity index (χ2n) is 3.48. The van der Waals surface area contributed by atoms with Gasteiger partial charge < -0.3 is 10.1 Å². The molecule has 13 heavy (non-hydrogen) atoms. The molecule has 0 fully saturated rings. The number of anilines is 1. The molecule has 1 aliphatic heterocycles. The van der Waals surface area contributed by atoms with Gasteiger partial charge in [0, 0.05) is 24.9 Å². The van der Waals surface area contributed by atoms with Crippen molar-refractivity contribution in [3.63, 3.8) is 0 Å². The van der Waals surface area contributed by atoms with Crippen LogP contribution in [0.1, 0.15) is 23.7 Å². The highest BCUT2D eigenvalue weighted by molar-refractivity contribution is 5.59. The number of hydrogen-bond donors (Lipinski definition) is 1. The zero-order valence-electron chi connectivity index (χ0n) is 8.13. The van der Waals surface area contributed by atoms with Crippen molar-refractivity contribution in [3.8, 4) is 0 Å². The van der Waals surface area contributed by atoms with Crippen molar-refractivity contribution >= 4 is 5.69 Å². The molecule has 0 aromatic heterocycles. The number of ether oxygens (including phenoxy) is 1. The Kier molecular flexibility index (Phi) is 2.23. The van der Waals surface area contributed by atoms with Crippen molar-refractivity contribution in [2.24, 2.45) is 0 Å². The summed E-state index contributed by atoms with van der Waals surface area (Å²) in [5.41, 5.74) is 3.87. The molecule has 0 aliphatic carbocycles. The maximum absolute atomic E-state index is 5.43. The van der Waals surface area contributed by atoms with E-state index in [0.29, 0.717) is 0 Å². The summed E-state index contributed by atoms with van der Waals surface area (Å²) in [4.78, 5) is 0. The maximum Gasteiger partial charge on any atom is 0.0857 e. The lowest BCUT2D eigenvalue weighted by atomic mass is 9.97. The molecule has 2 heteroatoms. The number of hydrogen-bond acceptors (Lipinski definition) is 2. The Morgan fingerprint density at radius 1 is 1.46 bits per heavy atom. The lowest BCUT2D eigenvalue weighted by Crippen LogP contribution is -2.18. The van der Waals surface area contributed by atoms with E-state index in [1.807, 2.05) is 0 Å². The van der Waals surface area contributed by atoms with E-state index in [1.165, 1.54) is 16.8 Å². The first-order valence-electron chi connectivity index (χ1n) is 4.69. The molecule has 0 amide bonds. The molecule has 1 atom stereocenters. The highest BCUT2D eigenvalue weighted by Crippen LogP contribution is 2.33. The number of nitrogens with one attached hydrogen (secondary N) is 1. The number of fused-ring (bicyclic) bond motifs is 1. The summed E-state index contributed by atoms with van der Waals surface area (Å²) in [6, 6.07) is 6.36. The summed E-state index contributed by atoms with van der Waals surface area (Å²) in [6.45, 7) is 3.14. The SMILES string of the molecule is COC1CCNc2c(C)cccc21. The van der Waals surface area contributed by atoms with Gasteiger partial charge in [-0.15, -0.1) is 0 Å². The van der Waals surface area contributed by atoms with Crippen LogP contribution in [0.2, 0.25) is 0 Å². The van der Waals surface area contributed by atoms with Gasteiger partial charge in [0.15, 0.2) is 0 Å². The molecule has 1 unspecified atom stereocenters. The lowest BCUT2D eigenvalue weighted by Gasteiger charge is -2.26. The summed E-state index contributed by atoms with van der Waals surface area (Å²) >= 11 is 0. The fourth-order valence-corrected chi connectivity index (χ4v) is 1.93. The van der Waals surface area contributed by atoms with E-state index in [0.717, 1.165) is 13.0 Å². The van der Waals surface area contributed by atoms with E-state index in [1.54, 1.807) is 7.11 Å². The Hall–Kier alpha value is -1.02. The van der Waals surface area contributed by atoms with Gasteiger partial charge in [0.05, 0.1) is 6.10 Å². The first kappa shape index (κ1) is 8.57. The van der Waals surface area contributed by atoms with Crippen LogP contribution in [0.25, 0.3) is 0 Å². The molecule has 2 nitrogen and oxygen atoms in total. The first-order valence-corrected chi connectivity index (χ1v) is 4.69. The minimum Gasteiger partial charge on any atom is -0.384 e. The first-order chi connectivity index (χ1) is 6.33. The van der Waals surface area contributed by atoms with Gasteiger partial charge in [-0.1, -0.05) is 18.2 Å². The summed E-state index contributed by atoms with van der Waals surface area (Å²) in [7, 11) is 1.78. The van der Waals surface area contributed by atoms with Crippen molar-refractivity contribution < 1.29 is 4.74 Å². The number of para-hydroxylation sites is 1. The van der Waals surface area contributed by atoms with E-state index in [2.05, 4.69) is 30.4 Å². The van der Waals surface area contributed by atoms with Gasteiger partial charge in [-0.2, -0.15) is 0 Å². The van der Waals surface area contributed by atoms with Crippen LogP contribution < -0.4 is 5.32 Å². The van der Waals surface area contributed by atoms with Gasteiger partial charge in [0.1, 0.15) is 0 Å². The molecule has 0 bridgehead atoms. The van der Waals surface area contributed by atoms with Crippen molar-refractivity contribution in [3.05, 3.63) is 29.3 Å². The number of rotatable bonds is 1.